The zero-order valence-corrected chi connectivity index (χ0v) is 25.9. The van der Waals surface area contributed by atoms with E-state index in [2.05, 4.69) is 92.9 Å². The molecule has 0 bridgehead atoms. The molecule has 4 nitrogen and oxygen atoms in total. The van der Waals surface area contributed by atoms with Gasteiger partial charge in [0.15, 0.2) is 16.6 Å². The van der Waals surface area contributed by atoms with Crippen molar-refractivity contribution in [3.05, 3.63) is 41.5 Å². The highest BCUT2D eigenvalue weighted by molar-refractivity contribution is 6.74. The Morgan fingerprint density at radius 3 is 1.94 bits per heavy atom. The summed E-state index contributed by atoms with van der Waals surface area (Å²) < 4.78 is 25.7. The average Bonchev–Trinajstić information content (AvgIpc) is 2.71. The van der Waals surface area contributed by atoms with Crippen LogP contribution in [0.15, 0.2) is 35.9 Å². The molecule has 0 fully saturated rings. The molecule has 0 aliphatic heterocycles. The van der Waals surface area contributed by atoms with Gasteiger partial charge in [-0.2, -0.15) is 0 Å². The fraction of sp³-hybridized carbons (Fsp3) is 0.714. The number of methoxy groups -OCH3 is 1. The van der Waals surface area contributed by atoms with E-state index in [4.69, 9.17) is 18.3 Å². The van der Waals surface area contributed by atoms with Crippen molar-refractivity contribution in [3.8, 4) is 5.75 Å². The third kappa shape index (κ3) is 7.29. The predicted molar refractivity (Wildman–Crippen MR) is 149 cm³/mol. The van der Waals surface area contributed by atoms with Crippen molar-refractivity contribution < 1.29 is 18.3 Å². The van der Waals surface area contributed by atoms with Gasteiger partial charge in [0.2, 0.25) is 0 Å². The lowest BCUT2D eigenvalue weighted by atomic mass is 9.84. The van der Waals surface area contributed by atoms with Crippen molar-refractivity contribution >= 4 is 16.6 Å². The van der Waals surface area contributed by atoms with E-state index in [-0.39, 0.29) is 28.2 Å². The predicted octanol–water partition coefficient (Wildman–Crippen LogP) is 7.96. The van der Waals surface area contributed by atoms with Gasteiger partial charge in [-0.3, -0.25) is 0 Å². The van der Waals surface area contributed by atoms with Crippen molar-refractivity contribution in [1.82, 2.24) is 0 Å². The molecule has 0 saturated carbocycles. The van der Waals surface area contributed by atoms with Crippen LogP contribution in [0.1, 0.15) is 60.5 Å². The topological polar surface area (TPSA) is 36.9 Å². The van der Waals surface area contributed by atoms with Crippen LogP contribution in [0.25, 0.3) is 0 Å². The van der Waals surface area contributed by atoms with Crippen LogP contribution in [0, 0.1) is 5.92 Å². The first-order valence-corrected chi connectivity index (χ1v) is 18.5. The molecule has 0 saturated heterocycles. The van der Waals surface area contributed by atoms with Crippen LogP contribution in [0.2, 0.25) is 36.3 Å². The highest BCUT2D eigenvalue weighted by Gasteiger charge is 2.45. The summed E-state index contributed by atoms with van der Waals surface area (Å²) in [6.45, 7) is 26.6. The summed E-state index contributed by atoms with van der Waals surface area (Å²) in [5.74, 6) is 1.03. The van der Waals surface area contributed by atoms with Gasteiger partial charge in [0, 0.05) is 12.5 Å². The fourth-order valence-corrected chi connectivity index (χ4v) is 6.12. The maximum Gasteiger partial charge on any atom is 0.192 e. The molecule has 2 rings (SSSR count). The Hall–Kier alpha value is -0.926. The average molecular weight is 507 g/mol. The van der Waals surface area contributed by atoms with E-state index in [1.807, 2.05) is 12.1 Å². The fourth-order valence-electron chi connectivity index (χ4n) is 3.69. The second-order valence-corrected chi connectivity index (χ2v) is 22.5. The maximum atomic E-state index is 7.00. The van der Waals surface area contributed by atoms with Crippen LogP contribution in [-0.4, -0.2) is 42.6 Å². The lowest BCUT2D eigenvalue weighted by Gasteiger charge is -2.46. The molecule has 0 unspecified atom stereocenters. The largest absolute Gasteiger partial charge is 0.497 e. The molecule has 1 aromatic carbocycles. The van der Waals surface area contributed by atoms with Gasteiger partial charge >= 0.3 is 0 Å². The van der Waals surface area contributed by atoms with Crippen LogP contribution < -0.4 is 4.74 Å². The molecule has 34 heavy (non-hydrogen) atoms. The van der Waals surface area contributed by atoms with E-state index in [1.165, 1.54) is 5.57 Å². The first-order valence-electron chi connectivity index (χ1n) is 12.7. The van der Waals surface area contributed by atoms with E-state index in [9.17, 15) is 0 Å². The van der Waals surface area contributed by atoms with Gasteiger partial charge in [0.25, 0.3) is 0 Å². The molecule has 0 radical (unpaired) electrons. The van der Waals surface area contributed by atoms with Crippen LogP contribution in [0.5, 0.6) is 5.75 Å². The zero-order chi connectivity index (χ0) is 25.9. The van der Waals surface area contributed by atoms with E-state index >= 15 is 0 Å². The zero-order valence-electron chi connectivity index (χ0n) is 23.9. The lowest BCUT2D eigenvalue weighted by molar-refractivity contribution is -0.0451. The summed E-state index contributed by atoms with van der Waals surface area (Å²) in [6, 6.07) is 8.13. The molecule has 0 aromatic heterocycles. The second kappa shape index (κ2) is 11.0. The van der Waals surface area contributed by atoms with Crippen molar-refractivity contribution in [2.75, 3.05) is 13.7 Å². The van der Waals surface area contributed by atoms with Gasteiger partial charge in [-0.25, -0.2) is 0 Å². The van der Waals surface area contributed by atoms with Crippen molar-refractivity contribution in [2.45, 2.75) is 110 Å². The highest BCUT2D eigenvalue weighted by atomic mass is 28.4. The van der Waals surface area contributed by atoms with E-state index in [0.29, 0.717) is 13.2 Å². The van der Waals surface area contributed by atoms with Gasteiger partial charge in [-0.05, 0) is 72.9 Å². The van der Waals surface area contributed by atoms with Gasteiger partial charge < -0.3 is 18.3 Å². The van der Waals surface area contributed by atoms with E-state index < -0.39 is 16.6 Å². The highest BCUT2D eigenvalue weighted by Crippen LogP contribution is 2.42. The maximum absolute atomic E-state index is 7.00. The summed E-state index contributed by atoms with van der Waals surface area (Å²) in [6.07, 6.45) is 3.33. The molecule has 194 valence electrons. The number of hydrogen-bond acceptors (Lipinski definition) is 4. The molecular formula is C28H50O4Si2. The smallest absolute Gasteiger partial charge is 0.192 e. The summed E-state index contributed by atoms with van der Waals surface area (Å²) in [7, 11) is -2.14. The Bertz CT molecular complexity index is 816. The Labute approximate surface area is 211 Å². The third-order valence-electron chi connectivity index (χ3n) is 8.27. The minimum Gasteiger partial charge on any atom is -0.497 e. The molecule has 6 heteroatoms. The Morgan fingerprint density at radius 1 is 0.882 bits per heavy atom. The normalized spacial score (nSPS) is 22.5. The molecule has 1 aliphatic rings. The van der Waals surface area contributed by atoms with E-state index in [1.54, 1.807) is 7.11 Å². The molecule has 1 aromatic rings. The van der Waals surface area contributed by atoms with Crippen LogP contribution in [0.3, 0.4) is 0 Å². The molecule has 1 aliphatic carbocycles. The van der Waals surface area contributed by atoms with Crippen LogP contribution >= 0.6 is 0 Å². The van der Waals surface area contributed by atoms with Gasteiger partial charge in [-0.1, -0.05) is 59.8 Å². The number of ether oxygens (including phenoxy) is 2. The Kier molecular flexibility index (Phi) is 9.48. The summed E-state index contributed by atoms with van der Waals surface area (Å²) in [4.78, 5) is 0. The number of benzene rings is 1. The Balaban J connectivity index is 2.28. The van der Waals surface area contributed by atoms with Crippen molar-refractivity contribution in [3.63, 3.8) is 0 Å². The van der Waals surface area contributed by atoms with Gasteiger partial charge in [-0.15, -0.1) is 0 Å². The quantitative estimate of drug-likeness (QED) is 0.251. The molecule has 0 N–H and O–H groups in total. The number of hydrogen-bond donors (Lipinski definition) is 0. The van der Waals surface area contributed by atoms with E-state index in [0.717, 1.165) is 17.7 Å². The third-order valence-corrected chi connectivity index (χ3v) is 17.3. The SMILES string of the molecule is COc1ccc(CO[C@@H]2C(C)=CC[C@@H](O[Si](C)(C)C(C)(C)C)[C@@H]2CO[Si](C)(C)C(C)(C)C)cc1. The first kappa shape index (κ1) is 29.3. The second-order valence-electron chi connectivity index (χ2n) is 12.9. The molecule has 0 spiro atoms. The van der Waals surface area contributed by atoms with Crippen LogP contribution in [0.4, 0.5) is 0 Å². The summed E-state index contributed by atoms with van der Waals surface area (Å²) >= 11 is 0. The van der Waals surface area contributed by atoms with Crippen molar-refractivity contribution in [1.29, 1.82) is 0 Å². The molecule has 0 amide bonds. The Morgan fingerprint density at radius 2 is 1.44 bits per heavy atom. The van der Waals surface area contributed by atoms with Gasteiger partial charge in [0.05, 0.1) is 25.9 Å². The molecular weight excluding hydrogens is 456 g/mol. The van der Waals surface area contributed by atoms with Gasteiger partial charge in [0.1, 0.15) is 5.75 Å². The summed E-state index contributed by atoms with van der Waals surface area (Å²) in [5.41, 5.74) is 2.43. The first-order chi connectivity index (χ1) is 15.5. The standard InChI is InChI=1S/C28H50O4Si2/c1-21-13-18-25(32-34(11,12)28(5,6)7)24(20-31-33(9,10)27(2,3)4)26(21)30-19-22-14-16-23(29-8)17-15-22/h13-17,24-26H,18-20H2,1-12H3/t24-,25+,26+/m0/s1. The molecule has 3 atom stereocenters. The lowest BCUT2D eigenvalue weighted by Crippen LogP contribution is -2.52. The van der Waals surface area contributed by atoms with Crippen LogP contribution in [-0.2, 0) is 20.2 Å². The molecule has 0 heterocycles. The minimum absolute atomic E-state index is 0.0182. The van der Waals surface area contributed by atoms with Crippen molar-refractivity contribution in [2.24, 2.45) is 5.92 Å². The monoisotopic (exact) mass is 506 g/mol. The summed E-state index contributed by atoms with van der Waals surface area (Å²) in [5, 5.41) is 0.329. The number of rotatable bonds is 9. The minimum atomic E-state index is -1.94.